The number of carbonyl (C=O) groups is 1. The van der Waals surface area contributed by atoms with E-state index in [1.807, 2.05) is 0 Å². The first-order valence-corrected chi connectivity index (χ1v) is 11.4. The van der Waals surface area contributed by atoms with Crippen LogP contribution in [0.2, 0.25) is 0 Å². The van der Waals surface area contributed by atoms with Gasteiger partial charge in [-0.1, -0.05) is 6.92 Å². The highest BCUT2D eigenvalue weighted by atomic mass is 16.5. The molecule has 4 rings (SSSR count). The summed E-state index contributed by atoms with van der Waals surface area (Å²) < 4.78 is 16.3. The van der Waals surface area contributed by atoms with E-state index in [0.717, 1.165) is 32.2 Å². The Morgan fingerprint density at radius 2 is 1.85 bits per heavy atom. The predicted molar refractivity (Wildman–Crippen MR) is 126 cm³/mol. The minimum absolute atomic E-state index is 0.175. The molecule has 34 heavy (non-hydrogen) atoms. The summed E-state index contributed by atoms with van der Waals surface area (Å²) in [6, 6.07) is 5.64. The zero-order valence-corrected chi connectivity index (χ0v) is 19.8. The molecule has 3 atom stereocenters. The van der Waals surface area contributed by atoms with Gasteiger partial charge in [0.05, 0.1) is 33.0 Å². The number of carbonyl (C=O) groups excluding carboxylic acids is 1. The molecule has 2 N–H and O–H groups in total. The summed E-state index contributed by atoms with van der Waals surface area (Å²) in [5.74, 6) is -0.797. The Labute approximate surface area is 197 Å². The van der Waals surface area contributed by atoms with Crippen molar-refractivity contribution in [3.63, 3.8) is 0 Å². The van der Waals surface area contributed by atoms with Crippen LogP contribution >= 0.6 is 0 Å². The lowest BCUT2D eigenvalue weighted by Crippen LogP contribution is -2.43. The SMILES string of the molecule is CCC1CCCCN1c1nc2c(c(=O)[nH]1)C(c1cc(OC)c(OC)c(OC)c1)C(C#N)C(=O)N2. The fourth-order valence-electron chi connectivity index (χ4n) is 4.98. The van der Waals surface area contributed by atoms with Crippen LogP contribution in [0.1, 0.15) is 49.7 Å². The van der Waals surface area contributed by atoms with Gasteiger partial charge in [-0.2, -0.15) is 10.2 Å². The number of ether oxygens (including phenoxy) is 3. The zero-order valence-electron chi connectivity index (χ0n) is 19.8. The van der Waals surface area contributed by atoms with Gasteiger partial charge in [0.25, 0.3) is 5.56 Å². The summed E-state index contributed by atoms with van der Waals surface area (Å²) in [5.41, 5.74) is 0.357. The number of aromatic amines is 1. The second kappa shape index (κ2) is 9.63. The third-order valence-electron chi connectivity index (χ3n) is 6.67. The lowest BCUT2D eigenvalue weighted by molar-refractivity contribution is -0.119. The number of H-pyrrole nitrogens is 1. The van der Waals surface area contributed by atoms with Crippen LogP contribution in [0.25, 0.3) is 0 Å². The Morgan fingerprint density at radius 1 is 1.15 bits per heavy atom. The second-order valence-corrected chi connectivity index (χ2v) is 8.44. The third-order valence-corrected chi connectivity index (χ3v) is 6.67. The van der Waals surface area contributed by atoms with Crippen molar-refractivity contribution in [2.75, 3.05) is 38.1 Å². The van der Waals surface area contributed by atoms with E-state index in [0.29, 0.717) is 28.8 Å². The maximum absolute atomic E-state index is 13.4. The van der Waals surface area contributed by atoms with Crippen LogP contribution in [0.15, 0.2) is 16.9 Å². The Bertz CT molecular complexity index is 1160. The standard InChI is InChI=1S/C24H29N5O5/c1-5-14-8-6-7-9-29(14)24-27-21-19(23(31)28-24)18(15(12-25)22(30)26-21)13-10-16(32-2)20(34-4)17(11-13)33-3/h10-11,14-15,18H,5-9H2,1-4H3,(H2,26,27,28,30,31). The molecule has 1 aromatic carbocycles. The Morgan fingerprint density at radius 3 is 2.44 bits per heavy atom. The summed E-state index contributed by atoms with van der Waals surface area (Å²) in [6.07, 6.45) is 4.09. The quantitative estimate of drug-likeness (QED) is 0.663. The fraction of sp³-hybridized carbons (Fsp3) is 0.500. The number of methoxy groups -OCH3 is 3. The Balaban J connectivity index is 1.88. The smallest absolute Gasteiger partial charge is 0.258 e. The number of nitriles is 1. The van der Waals surface area contributed by atoms with Crippen LogP contribution in [0.4, 0.5) is 11.8 Å². The summed E-state index contributed by atoms with van der Waals surface area (Å²) in [5, 5.41) is 12.5. The number of nitrogens with zero attached hydrogens (tertiary/aromatic N) is 3. The van der Waals surface area contributed by atoms with E-state index in [4.69, 9.17) is 14.2 Å². The van der Waals surface area contributed by atoms with Crippen molar-refractivity contribution in [1.29, 1.82) is 5.26 Å². The molecule has 1 amide bonds. The number of amides is 1. The molecule has 10 heteroatoms. The molecule has 0 spiro atoms. The van der Waals surface area contributed by atoms with Crippen molar-refractivity contribution in [3.8, 4) is 23.3 Å². The van der Waals surface area contributed by atoms with Crippen LogP contribution in [-0.2, 0) is 4.79 Å². The van der Waals surface area contributed by atoms with E-state index in [9.17, 15) is 14.9 Å². The van der Waals surface area contributed by atoms with Gasteiger partial charge in [-0.15, -0.1) is 0 Å². The molecule has 2 aliphatic heterocycles. The van der Waals surface area contributed by atoms with Crippen molar-refractivity contribution >= 4 is 17.7 Å². The average molecular weight is 468 g/mol. The summed E-state index contributed by atoms with van der Waals surface area (Å²) in [7, 11) is 4.45. The molecule has 1 saturated heterocycles. The number of rotatable bonds is 6. The zero-order chi connectivity index (χ0) is 24.4. The van der Waals surface area contributed by atoms with E-state index in [-0.39, 0.29) is 23.0 Å². The number of fused-ring (bicyclic) bond motifs is 1. The lowest BCUT2D eigenvalue weighted by Gasteiger charge is -2.36. The van der Waals surface area contributed by atoms with Crippen molar-refractivity contribution in [2.24, 2.45) is 5.92 Å². The first-order chi connectivity index (χ1) is 16.5. The topological polar surface area (TPSA) is 130 Å². The highest BCUT2D eigenvalue weighted by Gasteiger charge is 2.41. The van der Waals surface area contributed by atoms with E-state index in [1.165, 1.54) is 21.3 Å². The Hall–Kier alpha value is -3.74. The maximum atomic E-state index is 13.4. The van der Waals surface area contributed by atoms with Gasteiger partial charge >= 0.3 is 0 Å². The van der Waals surface area contributed by atoms with E-state index < -0.39 is 17.7 Å². The molecule has 3 heterocycles. The molecule has 3 unspecified atom stereocenters. The molecule has 2 aromatic rings. The fourth-order valence-corrected chi connectivity index (χ4v) is 4.98. The van der Waals surface area contributed by atoms with Gasteiger partial charge in [-0.3, -0.25) is 14.6 Å². The molecular weight excluding hydrogens is 438 g/mol. The van der Waals surface area contributed by atoms with Crippen LogP contribution in [0.3, 0.4) is 0 Å². The van der Waals surface area contributed by atoms with Gasteiger partial charge in [0.2, 0.25) is 17.6 Å². The summed E-state index contributed by atoms with van der Waals surface area (Å²) >= 11 is 0. The first kappa shape index (κ1) is 23.4. The molecule has 1 fully saturated rings. The normalized spacial score (nSPS) is 21.8. The molecule has 0 saturated carbocycles. The number of nitrogens with one attached hydrogen (secondary N) is 2. The summed E-state index contributed by atoms with van der Waals surface area (Å²) in [4.78, 5) is 36.0. The van der Waals surface area contributed by atoms with E-state index in [2.05, 4.69) is 33.2 Å². The predicted octanol–water partition coefficient (Wildman–Crippen LogP) is 2.79. The molecular formula is C24H29N5O5. The van der Waals surface area contributed by atoms with Gasteiger partial charge in [0.1, 0.15) is 11.7 Å². The van der Waals surface area contributed by atoms with E-state index >= 15 is 0 Å². The van der Waals surface area contributed by atoms with Crippen LogP contribution < -0.4 is 30.0 Å². The largest absolute Gasteiger partial charge is 0.493 e. The molecule has 180 valence electrons. The molecule has 10 nitrogen and oxygen atoms in total. The first-order valence-electron chi connectivity index (χ1n) is 11.4. The lowest BCUT2D eigenvalue weighted by atomic mass is 9.79. The van der Waals surface area contributed by atoms with Crippen molar-refractivity contribution in [2.45, 2.75) is 44.6 Å². The monoisotopic (exact) mass is 467 g/mol. The number of piperidine rings is 1. The third kappa shape index (κ3) is 3.91. The van der Waals surface area contributed by atoms with Crippen LogP contribution in [0.5, 0.6) is 17.2 Å². The second-order valence-electron chi connectivity index (χ2n) is 8.44. The summed E-state index contributed by atoms with van der Waals surface area (Å²) in [6.45, 7) is 2.89. The number of benzene rings is 1. The van der Waals surface area contributed by atoms with Crippen molar-refractivity contribution < 1.29 is 19.0 Å². The number of hydrogen-bond donors (Lipinski definition) is 2. The van der Waals surface area contributed by atoms with Crippen molar-refractivity contribution in [1.82, 2.24) is 9.97 Å². The average Bonchev–Trinajstić information content (AvgIpc) is 2.86. The maximum Gasteiger partial charge on any atom is 0.258 e. The van der Waals surface area contributed by atoms with Gasteiger partial charge < -0.3 is 24.4 Å². The highest BCUT2D eigenvalue weighted by Crippen LogP contribution is 2.45. The van der Waals surface area contributed by atoms with Crippen LogP contribution in [-0.4, -0.2) is 49.8 Å². The van der Waals surface area contributed by atoms with Gasteiger partial charge in [0, 0.05) is 18.5 Å². The van der Waals surface area contributed by atoms with Gasteiger partial charge in [-0.05, 0) is 43.4 Å². The molecule has 0 radical (unpaired) electrons. The molecule has 0 bridgehead atoms. The highest BCUT2D eigenvalue weighted by molar-refractivity contribution is 5.98. The van der Waals surface area contributed by atoms with E-state index in [1.54, 1.807) is 12.1 Å². The minimum atomic E-state index is -1.14. The van der Waals surface area contributed by atoms with Crippen LogP contribution in [0, 0.1) is 17.2 Å². The molecule has 0 aliphatic carbocycles. The van der Waals surface area contributed by atoms with Gasteiger partial charge in [-0.25, -0.2) is 0 Å². The number of anilines is 2. The number of aromatic nitrogens is 2. The molecule has 2 aliphatic rings. The van der Waals surface area contributed by atoms with Crippen molar-refractivity contribution in [3.05, 3.63) is 33.6 Å². The molecule has 1 aromatic heterocycles. The Kier molecular flexibility index (Phi) is 6.63. The minimum Gasteiger partial charge on any atom is -0.493 e. The van der Waals surface area contributed by atoms with Gasteiger partial charge in [0.15, 0.2) is 11.5 Å². The number of hydrogen-bond acceptors (Lipinski definition) is 8.